The zero-order valence-electron chi connectivity index (χ0n) is 9.75. The molecule has 82 valence electrons. The van der Waals surface area contributed by atoms with Gasteiger partial charge < -0.3 is 11.1 Å². The maximum atomic E-state index is 5.82. The van der Waals surface area contributed by atoms with E-state index in [1.54, 1.807) is 0 Å². The molecule has 0 spiro atoms. The monoisotopic (exact) mass is 204 g/mol. The molecule has 0 amide bonds. The Bertz CT molecular complexity index is 335. The fourth-order valence-electron chi connectivity index (χ4n) is 1.84. The molecule has 1 aromatic rings. The summed E-state index contributed by atoms with van der Waals surface area (Å²) in [6.45, 7) is 6.49. The highest BCUT2D eigenvalue weighted by molar-refractivity contribution is 5.47. The zero-order valence-corrected chi connectivity index (χ0v) is 9.75. The van der Waals surface area contributed by atoms with Crippen molar-refractivity contribution in [3.8, 4) is 0 Å². The van der Waals surface area contributed by atoms with Crippen molar-refractivity contribution in [2.24, 2.45) is 5.73 Å². The van der Waals surface area contributed by atoms with Crippen LogP contribution in [-0.2, 0) is 0 Å². The second-order valence-electron chi connectivity index (χ2n) is 5.50. The van der Waals surface area contributed by atoms with Crippen LogP contribution in [0.3, 0.4) is 0 Å². The summed E-state index contributed by atoms with van der Waals surface area (Å²) in [7, 11) is 0. The van der Waals surface area contributed by atoms with Crippen LogP contribution in [0, 0.1) is 0 Å². The lowest BCUT2D eigenvalue weighted by Crippen LogP contribution is -2.25. The van der Waals surface area contributed by atoms with E-state index in [9.17, 15) is 0 Å². The van der Waals surface area contributed by atoms with Gasteiger partial charge in [-0.3, -0.25) is 0 Å². The van der Waals surface area contributed by atoms with E-state index in [0.717, 1.165) is 6.42 Å². The average Bonchev–Trinajstić information content (AvgIpc) is 2.81. The number of anilines is 1. The summed E-state index contributed by atoms with van der Waals surface area (Å²) < 4.78 is 0. The molecule has 0 bridgehead atoms. The lowest BCUT2D eigenvalue weighted by Gasteiger charge is -2.22. The van der Waals surface area contributed by atoms with Crippen LogP contribution in [0.5, 0.6) is 0 Å². The Morgan fingerprint density at radius 1 is 1.20 bits per heavy atom. The minimum Gasteiger partial charge on any atom is -0.380 e. The van der Waals surface area contributed by atoms with Crippen molar-refractivity contribution in [2.75, 3.05) is 5.32 Å². The normalized spacial score (nSPS) is 25.1. The summed E-state index contributed by atoms with van der Waals surface area (Å²) in [5, 5.41) is 3.45. The number of nitrogens with one attached hydrogen (secondary N) is 1. The second kappa shape index (κ2) is 3.53. The Hall–Kier alpha value is -1.02. The third kappa shape index (κ3) is 2.72. The molecule has 2 nitrogen and oxygen atoms in total. The largest absolute Gasteiger partial charge is 0.380 e. The van der Waals surface area contributed by atoms with E-state index < -0.39 is 0 Å². The molecule has 1 unspecified atom stereocenters. The fourth-order valence-corrected chi connectivity index (χ4v) is 1.84. The van der Waals surface area contributed by atoms with Crippen molar-refractivity contribution in [2.45, 2.75) is 44.7 Å². The van der Waals surface area contributed by atoms with Crippen molar-refractivity contribution < 1.29 is 0 Å². The Labute approximate surface area is 91.9 Å². The van der Waals surface area contributed by atoms with Gasteiger partial charge in [-0.15, -0.1) is 0 Å². The number of nitrogens with two attached hydrogens (primary N) is 1. The molecule has 2 heteroatoms. The molecule has 0 aliphatic heterocycles. The van der Waals surface area contributed by atoms with Crippen LogP contribution in [-0.4, -0.2) is 11.6 Å². The summed E-state index contributed by atoms with van der Waals surface area (Å²) in [4.78, 5) is 0. The van der Waals surface area contributed by atoms with Crippen LogP contribution < -0.4 is 11.1 Å². The van der Waals surface area contributed by atoms with Gasteiger partial charge in [-0.1, -0.05) is 12.1 Å². The van der Waals surface area contributed by atoms with E-state index in [1.807, 2.05) is 0 Å². The van der Waals surface area contributed by atoms with Gasteiger partial charge in [-0.2, -0.15) is 0 Å². The Morgan fingerprint density at radius 2 is 1.73 bits per heavy atom. The van der Waals surface area contributed by atoms with Crippen LogP contribution in [0.4, 0.5) is 5.69 Å². The molecule has 0 radical (unpaired) electrons. The molecule has 1 aromatic carbocycles. The van der Waals surface area contributed by atoms with Gasteiger partial charge in [-0.25, -0.2) is 0 Å². The third-order valence-electron chi connectivity index (χ3n) is 2.70. The van der Waals surface area contributed by atoms with Crippen molar-refractivity contribution in [3.05, 3.63) is 29.8 Å². The van der Waals surface area contributed by atoms with E-state index in [4.69, 9.17) is 5.73 Å². The van der Waals surface area contributed by atoms with Crippen molar-refractivity contribution >= 4 is 5.69 Å². The molecule has 1 fully saturated rings. The summed E-state index contributed by atoms with van der Waals surface area (Å²) in [6.07, 6.45) is 1.14. The van der Waals surface area contributed by atoms with Gasteiger partial charge in [-0.05, 0) is 44.9 Å². The van der Waals surface area contributed by atoms with E-state index in [-0.39, 0.29) is 5.54 Å². The first kappa shape index (κ1) is 10.5. The molecule has 1 aliphatic carbocycles. The molecular weight excluding hydrogens is 184 g/mol. The van der Waals surface area contributed by atoms with Crippen LogP contribution in [0.2, 0.25) is 0 Å². The highest BCUT2D eigenvalue weighted by atomic mass is 14.9. The molecule has 0 heterocycles. The van der Waals surface area contributed by atoms with E-state index in [0.29, 0.717) is 12.0 Å². The van der Waals surface area contributed by atoms with Gasteiger partial charge in [0, 0.05) is 23.2 Å². The van der Waals surface area contributed by atoms with Gasteiger partial charge in [0.2, 0.25) is 0 Å². The van der Waals surface area contributed by atoms with Crippen molar-refractivity contribution in [1.29, 1.82) is 0 Å². The van der Waals surface area contributed by atoms with Gasteiger partial charge in [0.1, 0.15) is 0 Å². The van der Waals surface area contributed by atoms with Gasteiger partial charge in [0.05, 0.1) is 0 Å². The van der Waals surface area contributed by atoms with E-state index in [1.165, 1.54) is 11.3 Å². The minimum atomic E-state index is 0.123. The number of hydrogen-bond donors (Lipinski definition) is 2. The number of rotatable bonds is 2. The molecular formula is C13H20N2. The molecule has 2 atom stereocenters. The van der Waals surface area contributed by atoms with Gasteiger partial charge in [0.15, 0.2) is 0 Å². The van der Waals surface area contributed by atoms with E-state index in [2.05, 4.69) is 50.4 Å². The maximum Gasteiger partial charge on any atom is 0.0344 e. The van der Waals surface area contributed by atoms with Crippen molar-refractivity contribution in [3.63, 3.8) is 0 Å². The SMILES string of the molecule is CC(C)(C)Nc1ccc([C@@H]2CC2N)cc1. The first-order chi connectivity index (χ1) is 6.96. The molecule has 2 rings (SSSR count). The molecule has 0 saturated heterocycles. The summed E-state index contributed by atoms with van der Waals surface area (Å²) in [5.41, 5.74) is 8.50. The van der Waals surface area contributed by atoms with E-state index >= 15 is 0 Å². The summed E-state index contributed by atoms with van der Waals surface area (Å²) >= 11 is 0. The fraction of sp³-hybridized carbons (Fsp3) is 0.538. The lowest BCUT2D eigenvalue weighted by molar-refractivity contribution is 0.634. The molecule has 15 heavy (non-hydrogen) atoms. The first-order valence-electron chi connectivity index (χ1n) is 5.59. The Kier molecular flexibility index (Phi) is 2.47. The molecule has 1 saturated carbocycles. The average molecular weight is 204 g/mol. The van der Waals surface area contributed by atoms with Crippen LogP contribution >= 0.6 is 0 Å². The Morgan fingerprint density at radius 3 is 2.13 bits per heavy atom. The third-order valence-corrected chi connectivity index (χ3v) is 2.70. The minimum absolute atomic E-state index is 0.123. The lowest BCUT2D eigenvalue weighted by atomic mass is 10.1. The predicted octanol–water partition coefficient (Wildman–Crippen LogP) is 2.71. The number of benzene rings is 1. The van der Waals surface area contributed by atoms with Crippen molar-refractivity contribution in [1.82, 2.24) is 0 Å². The maximum absolute atomic E-state index is 5.82. The van der Waals surface area contributed by atoms with Gasteiger partial charge in [0.25, 0.3) is 0 Å². The second-order valence-corrected chi connectivity index (χ2v) is 5.50. The highest BCUT2D eigenvalue weighted by Crippen LogP contribution is 2.39. The van der Waals surface area contributed by atoms with Crippen LogP contribution in [0.1, 0.15) is 38.7 Å². The molecule has 3 N–H and O–H groups in total. The smallest absolute Gasteiger partial charge is 0.0344 e. The predicted molar refractivity (Wildman–Crippen MR) is 65.2 cm³/mol. The quantitative estimate of drug-likeness (QED) is 0.777. The van der Waals surface area contributed by atoms with Gasteiger partial charge >= 0.3 is 0 Å². The van der Waals surface area contributed by atoms with Crippen LogP contribution in [0.15, 0.2) is 24.3 Å². The topological polar surface area (TPSA) is 38.0 Å². The summed E-state index contributed by atoms with van der Waals surface area (Å²) in [6, 6.07) is 9.06. The summed E-state index contributed by atoms with van der Waals surface area (Å²) in [5.74, 6) is 0.605. The van der Waals surface area contributed by atoms with Crippen LogP contribution in [0.25, 0.3) is 0 Å². The standard InChI is InChI=1S/C13H20N2/c1-13(2,3)15-10-6-4-9(5-7-10)11-8-12(11)14/h4-7,11-12,15H,8,14H2,1-3H3/t11-,12?/m0/s1. The molecule has 0 aromatic heterocycles. The Balaban J connectivity index is 2.04. The number of hydrogen-bond acceptors (Lipinski definition) is 2. The first-order valence-corrected chi connectivity index (χ1v) is 5.59. The highest BCUT2D eigenvalue weighted by Gasteiger charge is 2.34. The molecule has 1 aliphatic rings. The zero-order chi connectivity index (χ0) is 11.1.